The molecule has 2 aliphatic heterocycles. The molecule has 0 unspecified atom stereocenters. The summed E-state index contributed by atoms with van der Waals surface area (Å²) in [6.45, 7) is 2.80. The summed E-state index contributed by atoms with van der Waals surface area (Å²) >= 11 is 8.07. The van der Waals surface area contributed by atoms with Gasteiger partial charge in [-0.1, -0.05) is 64.7 Å². The Morgan fingerprint density at radius 1 is 1.04 bits per heavy atom. The molecule has 2 aliphatic rings. The molecule has 0 aliphatic carbocycles. The monoisotopic (exact) mass is 496 g/mol. The van der Waals surface area contributed by atoms with Crippen LogP contribution in [0.5, 0.6) is 0 Å². The van der Waals surface area contributed by atoms with Crippen LogP contribution in [0.1, 0.15) is 71.1 Å². The molecule has 2 rings (SSSR count). The Hall–Kier alpha value is -0.140. The number of nitrogens with one attached hydrogen (secondary N) is 1. The van der Waals surface area contributed by atoms with E-state index in [1.54, 1.807) is 4.31 Å². The molecule has 0 bridgehead atoms. The van der Waals surface area contributed by atoms with Crippen molar-refractivity contribution in [2.45, 2.75) is 71.1 Å². The van der Waals surface area contributed by atoms with Gasteiger partial charge in [-0.05, 0) is 38.3 Å². The van der Waals surface area contributed by atoms with Crippen molar-refractivity contribution in [3.63, 3.8) is 0 Å². The molecule has 0 fully saturated rings. The first-order valence-electron chi connectivity index (χ1n) is 9.18. The summed E-state index contributed by atoms with van der Waals surface area (Å²) in [5, 5.41) is 0. The van der Waals surface area contributed by atoms with E-state index in [0.717, 1.165) is 18.5 Å². The van der Waals surface area contributed by atoms with Crippen LogP contribution in [0.2, 0.25) is 0 Å². The van der Waals surface area contributed by atoms with Gasteiger partial charge in [0.1, 0.15) is 4.61 Å². The van der Waals surface area contributed by atoms with E-state index < -0.39 is 0 Å². The highest BCUT2D eigenvalue weighted by Gasteiger charge is 2.34. The van der Waals surface area contributed by atoms with Crippen LogP contribution < -0.4 is 4.72 Å². The Morgan fingerprint density at radius 2 is 1.64 bits per heavy atom. The molecule has 0 aromatic heterocycles. The molecule has 7 heteroatoms. The average molecular weight is 498 g/mol. The molecule has 0 amide bonds. The van der Waals surface area contributed by atoms with Crippen molar-refractivity contribution in [3.05, 3.63) is 32.6 Å². The third-order valence-electron chi connectivity index (χ3n) is 4.29. The van der Waals surface area contributed by atoms with Crippen molar-refractivity contribution in [3.8, 4) is 0 Å². The number of ether oxygens (including phenoxy) is 1. The number of fused-ring (bicyclic) bond motifs is 1. The quantitative estimate of drug-likeness (QED) is 0.172. The van der Waals surface area contributed by atoms with Gasteiger partial charge in [0.2, 0.25) is 0 Å². The van der Waals surface area contributed by atoms with Gasteiger partial charge in [0.25, 0.3) is 0 Å². The van der Waals surface area contributed by atoms with Crippen LogP contribution in [0.3, 0.4) is 0 Å². The van der Waals surface area contributed by atoms with Crippen molar-refractivity contribution in [2.75, 3.05) is 6.61 Å². The predicted octanol–water partition coefficient (Wildman–Crippen LogP) is 7.39. The molecule has 0 saturated heterocycles. The maximum atomic E-state index is 14.4. The van der Waals surface area contributed by atoms with Gasteiger partial charge in [0.15, 0.2) is 11.6 Å². The van der Waals surface area contributed by atoms with Crippen molar-refractivity contribution in [2.24, 2.45) is 0 Å². The normalized spacial score (nSPS) is 17.0. The predicted molar refractivity (Wildman–Crippen MR) is 111 cm³/mol. The second kappa shape index (κ2) is 11.5. The van der Waals surface area contributed by atoms with Gasteiger partial charge in [-0.15, -0.1) is 0 Å². The molecule has 0 radical (unpaired) electrons. The van der Waals surface area contributed by atoms with Crippen LogP contribution in [0, 0.1) is 0 Å². The van der Waals surface area contributed by atoms with Crippen LogP contribution in [-0.2, 0) is 4.74 Å². The molecule has 0 aromatic carbocycles. The zero-order chi connectivity index (χ0) is 18.1. The fourth-order valence-electron chi connectivity index (χ4n) is 2.83. The number of allylic oxidation sites excluding steroid dienone is 2. The van der Waals surface area contributed by atoms with E-state index in [9.17, 15) is 4.39 Å². The molecule has 0 atom stereocenters. The Kier molecular flexibility index (Phi) is 9.78. The lowest BCUT2D eigenvalue weighted by molar-refractivity contribution is 0.198. The third kappa shape index (κ3) is 6.21. The summed E-state index contributed by atoms with van der Waals surface area (Å²) in [5.41, 5.74) is 0.858. The van der Waals surface area contributed by atoms with Crippen LogP contribution in [0.25, 0.3) is 0 Å². The Balaban J connectivity index is 1.61. The second-order valence-corrected chi connectivity index (χ2v) is 8.64. The van der Waals surface area contributed by atoms with E-state index in [1.807, 2.05) is 6.20 Å². The molecule has 3 nitrogen and oxygen atoms in total. The first-order valence-corrected chi connectivity index (χ1v) is 11.5. The largest absolute Gasteiger partial charge is 0.489 e. The highest BCUT2D eigenvalue weighted by atomic mass is 79.9. The fourth-order valence-corrected chi connectivity index (χ4v) is 4.79. The number of hydrogen-bond donors (Lipinski definition) is 1. The van der Waals surface area contributed by atoms with Gasteiger partial charge in [-0.2, -0.15) is 4.39 Å². The van der Waals surface area contributed by atoms with Gasteiger partial charge in [-0.3, -0.25) is 4.31 Å². The Morgan fingerprint density at radius 3 is 2.28 bits per heavy atom. The topological polar surface area (TPSA) is 24.5 Å². The SMILES string of the molecule is CCCCCCCCCCCCOC1=C(Br)C2=CNSN2C(Br)=C1F. The van der Waals surface area contributed by atoms with Gasteiger partial charge in [0, 0.05) is 6.20 Å². The number of unbranched alkanes of at least 4 members (excludes halogenated alkanes) is 9. The van der Waals surface area contributed by atoms with Gasteiger partial charge < -0.3 is 9.46 Å². The summed E-state index contributed by atoms with van der Waals surface area (Å²) in [6, 6.07) is 0. The number of rotatable bonds is 12. The summed E-state index contributed by atoms with van der Waals surface area (Å²) in [5.74, 6) is -0.0816. The lowest BCUT2D eigenvalue weighted by Gasteiger charge is -2.25. The first kappa shape index (κ1) is 21.2. The van der Waals surface area contributed by atoms with Crippen LogP contribution >= 0.6 is 44.0 Å². The van der Waals surface area contributed by atoms with Gasteiger partial charge in [-0.25, -0.2) is 0 Å². The van der Waals surface area contributed by atoms with E-state index in [-0.39, 0.29) is 11.6 Å². The molecule has 0 aromatic rings. The lowest BCUT2D eigenvalue weighted by Crippen LogP contribution is -2.17. The van der Waals surface area contributed by atoms with Crippen molar-refractivity contribution >= 4 is 44.0 Å². The van der Waals surface area contributed by atoms with Crippen LogP contribution in [0.4, 0.5) is 4.39 Å². The van der Waals surface area contributed by atoms with E-state index in [4.69, 9.17) is 4.74 Å². The molecule has 0 spiro atoms. The summed E-state index contributed by atoms with van der Waals surface area (Å²) in [6.07, 6.45) is 14.6. The maximum Gasteiger partial charge on any atom is 0.198 e. The van der Waals surface area contributed by atoms with Gasteiger partial charge in [0.05, 0.1) is 28.9 Å². The number of hydrogen-bond acceptors (Lipinski definition) is 4. The fraction of sp³-hybridized carbons (Fsp3) is 0.667. The standard InChI is InChI=1S/C18H27Br2FN2OS/c1-2-3-4-5-6-7-8-9-10-11-12-24-17-15(19)14-13-22-25-23(14)18(20)16(17)21/h13,22H,2-12H2,1H3. The third-order valence-corrected chi connectivity index (χ3v) is 6.77. The molecule has 1 N–H and O–H groups in total. The van der Waals surface area contributed by atoms with E-state index in [1.165, 1.54) is 63.5 Å². The van der Waals surface area contributed by atoms with Gasteiger partial charge >= 0.3 is 0 Å². The Bertz CT molecular complexity index is 537. The minimum atomic E-state index is -0.368. The van der Waals surface area contributed by atoms with Crippen LogP contribution in [-0.4, -0.2) is 10.9 Å². The molecule has 0 saturated carbocycles. The second-order valence-electron chi connectivity index (χ2n) is 6.31. The highest BCUT2D eigenvalue weighted by molar-refractivity contribution is 9.12. The van der Waals surface area contributed by atoms with E-state index in [0.29, 0.717) is 15.7 Å². The highest BCUT2D eigenvalue weighted by Crippen LogP contribution is 2.45. The smallest absolute Gasteiger partial charge is 0.198 e. The maximum absolute atomic E-state index is 14.4. The molecular formula is C18H27Br2FN2OS. The number of halogens is 3. The lowest BCUT2D eigenvalue weighted by atomic mass is 10.1. The minimum absolute atomic E-state index is 0.287. The molecule has 142 valence electrons. The summed E-state index contributed by atoms with van der Waals surface area (Å²) < 4.78 is 26.0. The van der Waals surface area contributed by atoms with Crippen molar-refractivity contribution < 1.29 is 9.13 Å². The zero-order valence-corrected chi connectivity index (χ0v) is 18.7. The van der Waals surface area contributed by atoms with Crippen molar-refractivity contribution in [1.82, 2.24) is 9.03 Å². The first-order chi connectivity index (χ1) is 12.2. The summed E-state index contributed by atoms with van der Waals surface area (Å²) in [7, 11) is 0. The minimum Gasteiger partial charge on any atom is -0.489 e. The summed E-state index contributed by atoms with van der Waals surface area (Å²) in [4.78, 5) is 0. The number of nitrogens with zero attached hydrogens (tertiary/aromatic N) is 1. The molecule has 2 heterocycles. The zero-order valence-electron chi connectivity index (χ0n) is 14.8. The van der Waals surface area contributed by atoms with E-state index in [2.05, 4.69) is 43.5 Å². The van der Waals surface area contributed by atoms with E-state index >= 15 is 0 Å². The molecule has 25 heavy (non-hydrogen) atoms. The Labute approximate surface area is 172 Å². The van der Waals surface area contributed by atoms with Crippen LogP contribution in [0.15, 0.2) is 32.6 Å². The van der Waals surface area contributed by atoms with Crippen molar-refractivity contribution in [1.29, 1.82) is 0 Å². The average Bonchev–Trinajstić information content (AvgIpc) is 3.10. The molecular weight excluding hydrogens is 471 g/mol.